The topological polar surface area (TPSA) is 268 Å². The Bertz CT molecular complexity index is 1540. The first-order valence-electron chi connectivity index (χ1n) is 11.6. The summed E-state index contributed by atoms with van der Waals surface area (Å²) in [5.41, 5.74) is 12.6. The van der Waals surface area contributed by atoms with Crippen LogP contribution in [0.4, 0.5) is 11.6 Å². The lowest BCUT2D eigenvalue weighted by Crippen LogP contribution is -2.39. The van der Waals surface area contributed by atoms with E-state index in [2.05, 4.69) is 29.9 Å². The molecule has 9 N–H and O–H groups in total. The Morgan fingerprint density at radius 2 is 1.36 bits per heavy atom. The van der Waals surface area contributed by atoms with Gasteiger partial charge in [-0.3, -0.25) is 9.13 Å². The fraction of sp³-hybridized carbons (Fsp3) is 0.500. The second-order valence-corrected chi connectivity index (χ2v) is 9.31. The largest absolute Gasteiger partial charge is 0.454 e. The zero-order chi connectivity index (χ0) is 27.6. The van der Waals surface area contributed by atoms with E-state index in [1.807, 2.05) is 0 Å². The molecule has 0 radical (unpaired) electrons. The van der Waals surface area contributed by atoms with E-state index in [0.29, 0.717) is 0 Å². The molecule has 2 aliphatic heterocycles. The van der Waals surface area contributed by atoms with Crippen molar-refractivity contribution in [3.8, 4) is 6.01 Å². The van der Waals surface area contributed by atoms with Gasteiger partial charge in [0.1, 0.15) is 36.0 Å². The highest BCUT2D eigenvalue weighted by Gasteiger charge is 2.48. The Hall–Kier alpha value is -3.49. The number of halogens is 1. The van der Waals surface area contributed by atoms with Crippen molar-refractivity contribution >= 4 is 45.6 Å². The van der Waals surface area contributed by atoms with Gasteiger partial charge < -0.3 is 51.2 Å². The van der Waals surface area contributed by atoms with E-state index in [9.17, 15) is 25.5 Å². The van der Waals surface area contributed by atoms with Gasteiger partial charge in [0.25, 0.3) is 0 Å². The molecular formula is C20H23ClN10O8. The summed E-state index contributed by atoms with van der Waals surface area (Å²) >= 11 is 5.94. The minimum atomic E-state index is -1.40. The molecule has 39 heavy (non-hydrogen) atoms. The molecule has 0 aliphatic carbocycles. The highest BCUT2D eigenvalue weighted by molar-refractivity contribution is 6.28. The van der Waals surface area contributed by atoms with E-state index in [1.54, 1.807) is 0 Å². The summed E-state index contributed by atoms with van der Waals surface area (Å²) in [6, 6.07) is -0.301. The summed E-state index contributed by atoms with van der Waals surface area (Å²) < 4.78 is 19.9. The predicted octanol–water partition coefficient (Wildman–Crippen LogP) is -2.91. The molecule has 19 heteroatoms. The van der Waals surface area contributed by atoms with Crippen molar-refractivity contribution in [3.05, 3.63) is 17.9 Å². The lowest BCUT2D eigenvalue weighted by molar-refractivity contribution is -0.0513. The Morgan fingerprint density at radius 1 is 0.795 bits per heavy atom. The third kappa shape index (κ3) is 4.08. The average Bonchev–Trinajstić information content (AvgIpc) is 3.65. The number of nitrogens with two attached hydrogens (primary N) is 2. The van der Waals surface area contributed by atoms with Crippen LogP contribution in [0.25, 0.3) is 22.3 Å². The molecule has 208 valence electrons. The smallest absolute Gasteiger partial charge is 0.320 e. The molecule has 4 aromatic rings. The maximum atomic E-state index is 11.1. The third-order valence-electron chi connectivity index (χ3n) is 6.65. The van der Waals surface area contributed by atoms with Gasteiger partial charge in [-0.15, -0.1) is 0 Å². The zero-order valence-corrected chi connectivity index (χ0v) is 20.5. The number of aliphatic hydroxyl groups is 5. The maximum Gasteiger partial charge on any atom is 0.320 e. The van der Waals surface area contributed by atoms with Crippen LogP contribution in [0, 0.1) is 0 Å². The van der Waals surface area contributed by atoms with Gasteiger partial charge in [0.2, 0.25) is 5.28 Å². The molecule has 2 aliphatic rings. The first-order valence-corrected chi connectivity index (χ1v) is 12.0. The number of aliphatic hydroxyl groups excluding tert-OH is 5. The minimum Gasteiger partial charge on any atom is -0.454 e. The summed E-state index contributed by atoms with van der Waals surface area (Å²) in [6.45, 7) is -1.06. The first kappa shape index (κ1) is 25.8. The van der Waals surface area contributed by atoms with Gasteiger partial charge in [-0.2, -0.15) is 19.9 Å². The average molecular weight is 567 g/mol. The summed E-state index contributed by atoms with van der Waals surface area (Å²) in [7, 11) is 0. The fourth-order valence-corrected chi connectivity index (χ4v) is 4.90. The van der Waals surface area contributed by atoms with E-state index >= 15 is 0 Å². The molecule has 6 rings (SSSR count). The van der Waals surface area contributed by atoms with E-state index in [-0.39, 0.29) is 45.3 Å². The van der Waals surface area contributed by atoms with Crippen molar-refractivity contribution in [2.45, 2.75) is 49.1 Å². The quantitative estimate of drug-likeness (QED) is 0.115. The van der Waals surface area contributed by atoms with E-state index in [0.717, 1.165) is 0 Å². The molecule has 0 unspecified atom stereocenters. The second-order valence-electron chi connectivity index (χ2n) is 8.97. The van der Waals surface area contributed by atoms with Crippen molar-refractivity contribution in [3.63, 3.8) is 0 Å². The van der Waals surface area contributed by atoms with E-state index in [1.165, 1.54) is 21.8 Å². The molecular weight excluding hydrogens is 544 g/mol. The van der Waals surface area contributed by atoms with Crippen LogP contribution in [0.5, 0.6) is 6.01 Å². The number of ether oxygens (including phenoxy) is 3. The van der Waals surface area contributed by atoms with Crippen molar-refractivity contribution in [2.75, 3.05) is 24.7 Å². The van der Waals surface area contributed by atoms with Crippen LogP contribution in [0.1, 0.15) is 12.5 Å². The molecule has 0 aromatic carbocycles. The molecule has 0 amide bonds. The maximum absolute atomic E-state index is 11.1. The molecule has 18 nitrogen and oxygen atoms in total. The van der Waals surface area contributed by atoms with Gasteiger partial charge in [0.15, 0.2) is 47.0 Å². The van der Waals surface area contributed by atoms with Gasteiger partial charge in [0.05, 0.1) is 25.9 Å². The normalized spacial score (nSPS) is 31.0. The number of hydrogen-bond acceptors (Lipinski definition) is 16. The molecule has 2 saturated heterocycles. The second kappa shape index (κ2) is 9.61. The number of anilines is 2. The minimum absolute atomic E-state index is 0.0331. The van der Waals surface area contributed by atoms with Gasteiger partial charge >= 0.3 is 6.01 Å². The van der Waals surface area contributed by atoms with Crippen molar-refractivity contribution in [1.82, 2.24) is 39.0 Å². The lowest BCUT2D eigenvalue weighted by Gasteiger charge is -2.20. The van der Waals surface area contributed by atoms with E-state index in [4.69, 9.17) is 37.3 Å². The first-order chi connectivity index (χ1) is 18.7. The summed E-state index contributed by atoms with van der Waals surface area (Å²) in [5, 5.41) is 51.0. The monoisotopic (exact) mass is 566 g/mol. The highest BCUT2D eigenvalue weighted by atomic mass is 35.5. The van der Waals surface area contributed by atoms with Crippen molar-refractivity contribution < 1.29 is 39.7 Å². The summed E-state index contributed by atoms with van der Waals surface area (Å²) in [5.74, 6) is -0.0564. The van der Waals surface area contributed by atoms with Crippen LogP contribution in [-0.4, -0.2) is 114 Å². The molecule has 6 heterocycles. The number of rotatable bonds is 6. The molecule has 0 saturated carbocycles. The SMILES string of the molecule is Nc1nc(O[C@H]2[C@@H](O)[C@H](n3cnc4c(N)nc(Cl)nc43)O[C@@H]2CO)nc2c1ncn2[C@@H]1O[C@H](CO)[C@@H](O)[C@H]1O. The predicted molar refractivity (Wildman–Crippen MR) is 129 cm³/mol. The van der Waals surface area contributed by atoms with Gasteiger partial charge in [-0.05, 0) is 11.6 Å². The van der Waals surface area contributed by atoms with Crippen LogP contribution < -0.4 is 16.2 Å². The molecule has 4 aromatic heterocycles. The highest BCUT2D eigenvalue weighted by Crippen LogP contribution is 2.36. The third-order valence-corrected chi connectivity index (χ3v) is 6.81. The fourth-order valence-electron chi connectivity index (χ4n) is 4.73. The van der Waals surface area contributed by atoms with Gasteiger partial charge in [0, 0.05) is 0 Å². The number of aromatic nitrogens is 8. The van der Waals surface area contributed by atoms with Gasteiger partial charge in [-0.25, -0.2) is 9.97 Å². The molecule has 8 atom stereocenters. The Kier molecular flexibility index (Phi) is 6.35. The lowest BCUT2D eigenvalue weighted by atomic mass is 10.1. The van der Waals surface area contributed by atoms with Crippen LogP contribution in [0.2, 0.25) is 5.28 Å². The molecule has 2 fully saturated rings. The number of imidazole rings is 2. The summed E-state index contributed by atoms with van der Waals surface area (Å²) in [6.07, 6.45) is -7.04. The number of fused-ring (bicyclic) bond motifs is 2. The van der Waals surface area contributed by atoms with Crippen LogP contribution >= 0.6 is 11.6 Å². The Morgan fingerprint density at radius 3 is 1.97 bits per heavy atom. The number of nitrogens with zero attached hydrogens (tertiary/aromatic N) is 8. The molecule has 0 bridgehead atoms. The van der Waals surface area contributed by atoms with Crippen LogP contribution in [0.15, 0.2) is 12.7 Å². The Labute approximate surface area is 222 Å². The number of hydrogen-bond donors (Lipinski definition) is 7. The zero-order valence-electron chi connectivity index (χ0n) is 19.8. The summed E-state index contributed by atoms with van der Waals surface area (Å²) in [4.78, 5) is 24.6. The number of nitrogen functional groups attached to an aromatic ring is 2. The van der Waals surface area contributed by atoms with Gasteiger partial charge in [-0.1, -0.05) is 0 Å². The van der Waals surface area contributed by atoms with Crippen molar-refractivity contribution in [1.29, 1.82) is 0 Å². The Balaban J connectivity index is 1.32. The van der Waals surface area contributed by atoms with E-state index < -0.39 is 62.3 Å². The standard InChI is InChI=1S/C20H23ClN10O8/c21-19-26-13(22)7-15(28-19)30(3-24-7)18-11(36)12(6(2-33)38-18)39-20-27-14(23)8-16(29-20)31(4-25-8)17-10(35)9(34)5(1-32)37-17/h3-6,9-12,17-18,32-36H,1-2H2,(H2,22,26,28)(H2,23,27,29)/t5-,6-,9-,10-,11-,12-,17-,18-/m1/s1. The van der Waals surface area contributed by atoms with Crippen LogP contribution in [0.3, 0.4) is 0 Å². The van der Waals surface area contributed by atoms with Crippen LogP contribution in [-0.2, 0) is 9.47 Å². The van der Waals surface area contributed by atoms with Crippen molar-refractivity contribution in [2.24, 2.45) is 0 Å². The molecule has 0 spiro atoms.